The minimum atomic E-state index is -0.508. The number of carbonyl (C=O) groups excluding carboxylic acids is 2. The molecule has 180 valence electrons. The van der Waals surface area contributed by atoms with Gasteiger partial charge < -0.3 is 19.7 Å². The van der Waals surface area contributed by atoms with Gasteiger partial charge in [0.2, 0.25) is 18.6 Å². The van der Waals surface area contributed by atoms with Gasteiger partial charge in [-0.15, -0.1) is 11.8 Å². The van der Waals surface area contributed by atoms with Gasteiger partial charge in [-0.1, -0.05) is 48.9 Å². The van der Waals surface area contributed by atoms with E-state index in [0.717, 1.165) is 32.8 Å². The van der Waals surface area contributed by atoms with Crippen LogP contribution in [0.5, 0.6) is 11.5 Å². The van der Waals surface area contributed by atoms with Crippen molar-refractivity contribution in [2.45, 2.75) is 44.0 Å². The summed E-state index contributed by atoms with van der Waals surface area (Å²) < 4.78 is 10.8. The molecule has 0 radical (unpaired) electrons. The first-order chi connectivity index (χ1) is 16.9. The summed E-state index contributed by atoms with van der Waals surface area (Å²) in [7, 11) is 0. The Morgan fingerprint density at radius 3 is 2.74 bits per heavy atom. The Labute approximate surface area is 209 Å². The number of aryl methyl sites for hydroxylation is 2. The average molecular weight is 489 g/mol. The highest BCUT2D eigenvalue weighted by Crippen LogP contribution is 2.42. The lowest BCUT2D eigenvalue weighted by molar-refractivity contribution is -0.128. The number of para-hydroxylation sites is 1. The Bertz CT molecular complexity index is 1290. The first-order valence-corrected chi connectivity index (χ1v) is 12.6. The van der Waals surface area contributed by atoms with Crippen LogP contribution in [0.15, 0.2) is 65.6 Å². The molecule has 2 aliphatic heterocycles. The molecular formula is C28H28N2O4S. The molecule has 1 N–H and O–H groups in total. The predicted octanol–water partition coefficient (Wildman–Crippen LogP) is 4.99. The average Bonchev–Trinajstić information content (AvgIpc) is 3.33. The standard InChI is InChI=1S/C28H28N2O4S/c1-17-8-9-18(2)21(12-17)15-30-22-6-4-5-7-25(22)35-26(28(30)32)19(3)27(31)29-14-20-10-11-23-24(13-20)34-16-33-23/h4-13,19,26H,14-16H2,1-3H3,(H,29,31). The summed E-state index contributed by atoms with van der Waals surface area (Å²) in [5.74, 6) is 0.692. The van der Waals surface area contributed by atoms with Crippen LogP contribution in [-0.4, -0.2) is 23.9 Å². The van der Waals surface area contributed by atoms with Crippen LogP contribution in [0, 0.1) is 19.8 Å². The minimum Gasteiger partial charge on any atom is -0.454 e. The molecule has 0 aromatic heterocycles. The largest absolute Gasteiger partial charge is 0.454 e. The molecule has 0 spiro atoms. The van der Waals surface area contributed by atoms with Gasteiger partial charge in [-0.3, -0.25) is 9.59 Å². The summed E-state index contributed by atoms with van der Waals surface area (Å²) in [6.07, 6.45) is 0. The molecule has 2 atom stereocenters. The number of benzene rings is 3. The maximum atomic E-state index is 13.7. The van der Waals surface area contributed by atoms with E-state index < -0.39 is 11.2 Å². The molecule has 6 nitrogen and oxygen atoms in total. The second-order valence-electron chi connectivity index (χ2n) is 9.05. The van der Waals surface area contributed by atoms with Crippen LogP contribution in [0.2, 0.25) is 0 Å². The maximum Gasteiger partial charge on any atom is 0.241 e. The summed E-state index contributed by atoms with van der Waals surface area (Å²) in [5, 5.41) is 2.49. The van der Waals surface area contributed by atoms with E-state index in [1.165, 1.54) is 11.8 Å². The number of anilines is 1. The highest BCUT2D eigenvalue weighted by Gasteiger charge is 2.39. The quantitative estimate of drug-likeness (QED) is 0.529. The number of carbonyl (C=O) groups is 2. The molecule has 3 aromatic rings. The molecule has 3 aromatic carbocycles. The van der Waals surface area contributed by atoms with Crippen molar-refractivity contribution in [2.75, 3.05) is 11.7 Å². The van der Waals surface area contributed by atoms with Crippen LogP contribution in [-0.2, 0) is 22.7 Å². The third kappa shape index (κ3) is 4.73. The molecule has 0 fully saturated rings. The normalized spacial score (nSPS) is 17.2. The number of nitrogens with zero attached hydrogens (tertiary/aromatic N) is 1. The summed E-state index contributed by atoms with van der Waals surface area (Å²) in [4.78, 5) is 29.7. The van der Waals surface area contributed by atoms with Crippen molar-refractivity contribution in [3.63, 3.8) is 0 Å². The lowest BCUT2D eigenvalue weighted by Gasteiger charge is -2.36. The number of amides is 2. The molecule has 35 heavy (non-hydrogen) atoms. The number of nitrogens with one attached hydrogen (secondary N) is 1. The molecule has 5 rings (SSSR count). The van der Waals surface area contributed by atoms with Gasteiger partial charge in [-0.2, -0.15) is 0 Å². The fourth-order valence-electron chi connectivity index (χ4n) is 4.40. The molecule has 2 unspecified atom stereocenters. The van der Waals surface area contributed by atoms with Crippen LogP contribution in [0.1, 0.15) is 29.2 Å². The van der Waals surface area contributed by atoms with Crippen molar-refractivity contribution in [3.05, 3.63) is 82.9 Å². The van der Waals surface area contributed by atoms with Gasteiger partial charge in [0.1, 0.15) is 5.25 Å². The lowest BCUT2D eigenvalue weighted by atomic mass is 10.0. The molecule has 0 saturated carbocycles. The number of fused-ring (bicyclic) bond motifs is 2. The topological polar surface area (TPSA) is 67.9 Å². The number of hydrogen-bond donors (Lipinski definition) is 1. The highest BCUT2D eigenvalue weighted by molar-refractivity contribution is 8.01. The van der Waals surface area contributed by atoms with Gasteiger partial charge in [-0.25, -0.2) is 0 Å². The minimum absolute atomic E-state index is 0.0414. The van der Waals surface area contributed by atoms with Crippen LogP contribution in [0.4, 0.5) is 5.69 Å². The first-order valence-electron chi connectivity index (χ1n) is 11.7. The van der Waals surface area contributed by atoms with Crippen molar-refractivity contribution < 1.29 is 19.1 Å². The van der Waals surface area contributed by atoms with E-state index in [1.807, 2.05) is 54.3 Å². The summed E-state index contributed by atoms with van der Waals surface area (Å²) in [6, 6.07) is 19.8. The van der Waals surface area contributed by atoms with Crippen molar-refractivity contribution in [3.8, 4) is 11.5 Å². The smallest absolute Gasteiger partial charge is 0.241 e. The van der Waals surface area contributed by atoms with Crippen LogP contribution >= 0.6 is 11.8 Å². The van der Waals surface area contributed by atoms with Gasteiger partial charge >= 0.3 is 0 Å². The zero-order valence-corrected chi connectivity index (χ0v) is 20.9. The fraction of sp³-hybridized carbons (Fsp3) is 0.286. The van der Waals surface area contributed by atoms with E-state index in [2.05, 4.69) is 37.4 Å². The van der Waals surface area contributed by atoms with E-state index in [1.54, 1.807) is 0 Å². The fourth-order valence-corrected chi connectivity index (χ4v) is 5.68. The second kappa shape index (κ2) is 9.66. The lowest BCUT2D eigenvalue weighted by Crippen LogP contribution is -2.47. The van der Waals surface area contributed by atoms with Crippen LogP contribution in [0.3, 0.4) is 0 Å². The zero-order valence-electron chi connectivity index (χ0n) is 20.0. The van der Waals surface area contributed by atoms with E-state index in [9.17, 15) is 9.59 Å². The summed E-state index contributed by atoms with van der Waals surface area (Å²) in [6.45, 7) is 6.99. The first kappa shape index (κ1) is 23.3. The molecule has 2 amide bonds. The molecule has 2 aliphatic rings. The third-order valence-electron chi connectivity index (χ3n) is 6.52. The molecule has 2 heterocycles. The van der Waals surface area contributed by atoms with E-state index in [-0.39, 0.29) is 18.6 Å². The molecular weight excluding hydrogens is 460 g/mol. The summed E-state index contributed by atoms with van der Waals surface area (Å²) >= 11 is 1.47. The molecule has 0 aliphatic carbocycles. The zero-order chi connectivity index (χ0) is 24.5. The Kier molecular flexibility index (Phi) is 6.43. The molecule has 0 saturated heterocycles. The van der Waals surface area contributed by atoms with Gasteiger partial charge in [0.05, 0.1) is 18.2 Å². The van der Waals surface area contributed by atoms with Gasteiger partial charge in [-0.05, 0) is 54.8 Å². The van der Waals surface area contributed by atoms with E-state index in [4.69, 9.17) is 9.47 Å². The van der Waals surface area contributed by atoms with Gasteiger partial charge in [0.25, 0.3) is 0 Å². The number of rotatable bonds is 6. The number of thioether (sulfide) groups is 1. The SMILES string of the molecule is Cc1ccc(C)c(CN2C(=O)C(C(C)C(=O)NCc3ccc4c(c3)OCO4)Sc3ccccc32)c1. The molecule has 7 heteroatoms. The Balaban J connectivity index is 1.33. The highest BCUT2D eigenvalue weighted by atomic mass is 32.2. The Morgan fingerprint density at radius 2 is 1.89 bits per heavy atom. The summed E-state index contributed by atoms with van der Waals surface area (Å²) in [5.41, 5.74) is 5.22. The van der Waals surface area contributed by atoms with Crippen molar-refractivity contribution >= 4 is 29.3 Å². The van der Waals surface area contributed by atoms with Crippen molar-refractivity contribution in [1.82, 2.24) is 5.32 Å². The maximum absolute atomic E-state index is 13.7. The third-order valence-corrected chi connectivity index (χ3v) is 7.99. The number of ether oxygens (including phenoxy) is 2. The van der Waals surface area contributed by atoms with Crippen LogP contribution in [0.25, 0.3) is 0 Å². The second-order valence-corrected chi connectivity index (χ2v) is 10.2. The van der Waals surface area contributed by atoms with E-state index in [0.29, 0.717) is 24.6 Å². The van der Waals surface area contributed by atoms with Crippen molar-refractivity contribution in [2.24, 2.45) is 5.92 Å². The Morgan fingerprint density at radius 1 is 1.09 bits per heavy atom. The monoisotopic (exact) mass is 488 g/mol. The molecule has 0 bridgehead atoms. The Hall–Kier alpha value is -3.45. The van der Waals surface area contributed by atoms with Gasteiger partial charge in [0, 0.05) is 11.4 Å². The predicted molar refractivity (Wildman–Crippen MR) is 137 cm³/mol. The van der Waals surface area contributed by atoms with E-state index >= 15 is 0 Å². The number of hydrogen-bond acceptors (Lipinski definition) is 5. The van der Waals surface area contributed by atoms with Gasteiger partial charge in [0.15, 0.2) is 11.5 Å². The van der Waals surface area contributed by atoms with Crippen LogP contribution < -0.4 is 19.7 Å². The van der Waals surface area contributed by atoms with Crippen molar-refractivity contribution in [1.29, 1.82) is 0 Å².